The smallest absolute Gasteiger partial charge is 0.262 e. The molecule has 0 aliphatic heterocycles. The van der Waals surface area contributed by atoms with Crippen LogP contribution in [-0.4, -0.2) is 23.7 Å². The molecule has 1 aromatic heterocycles. The predicted octanol–water partition coefficient (Wildman–Crippen LogP) is 2.27. The van der Waals surface area contributed by atoms with E-state index in [0.29, 0.717) is 29.1 Å². The first-order chi connectivity index (χ1) is 9.85. The Bertz CT molecular complexity index is 718. The minimum atomic E-state index is -3.71. The molecule has 6 nitrogen and oxygen atoms in total. The van der Waals surface area contributed by atoms with Gasteiger partial charge in [0.1, 0.15) is 0 Å². The van der Waals surface area contributed by atoms with Gasteiger partial charge in [0.05, 0.1) is 28.1 Å². The summed E-state index contributed by atoms with van der Waals surface area (Å²) in [5.41, 5.74) is 2.28. The van der Waals surface area contributed by atoms with Crippen molar-refractivity contribution in [1.82, 2.24) is 10.2 Å². The van der Waals surface area contributed by atoms with Crippen LogP contribution in [0.25, 0.3) is 0 Å². The molecular formula is C14H19N3O3S. The summed E-state index contributed by atoms with van der Waals surface area (Å²) in [6.07, 6.45) is -0.144. The lowest BCUT2D eigenvalue weighted by atomic mass is 10.1. The molecule has 7 heteroatoms. The number of sulfonamides is 1. The van der Waals surface area contributed by atoms with Crippen molar-refractivity contribution in [3.05, 3.63) is 41.2 Å². The van der Waals surface area contributed by atoms with Crippen molar-refractivity contribution in [2.75, 3.05) is 4.72 Å². The minimum absolute atomic E-state index is 0.118. The van der Waals surface area contributed by atoms with Gasteiger partial charge in [0.2, 0.25) is 0 Å². The Morgan fingerprint density at radius 3 is 2.67 bits per heavy atom. The van der Waals surface area contributed by atoms with Crippen LogP contribution in [0.4, 0.5) is 5.69 Å². The number of H-pyrrole nitrogens is 1. The van der Waals surface area contributed by atoms with Crippen LogP contribution >= 0.6 is 0 Å². The summed E-state index contributed by atoms with van der Waals surface area (Å²) in [5, 5.41) is 16.5. The Labute approximate surface area is 124 Å². The number of aliphatic hydroxyl groups excluding tert-OH is 1. The summed E-state index contributed by atoms with van der Waals surface area (Å²) >= 11 is 0. The molecule has 3 N–H and O–H groups in total. The first-order valence-corrected chi connectivity index (χ1v) is 8.16. The van der Waals surface area contributed by atoms with Gasteiger partial charge in [0.15, 0.2) is 0 Å². The Balaban J connectivity index is 2.36. The molecule has 1 atom stereocenters. The van der Waals surface area contributed by atoms with E-state index in [1.54, 1.807) is 26.0 Å². The van der Waals surface area contributed by atoms with Crippen LogP contribution in [0.3, 0.4) is 0 Å². The van der Waals surface area contributed by atoms with Crippen LogP contribution in [0.2, 0.25) is 0 Å². The van der Waals surface area contributed by atoms with Gasteiger partial charge in [-0.15, -0.1) is 0 Å². The molecular weight excluding hydrogens is 290 g/mol. The lowest BCUT2D eigenvalue weighted by Gasteiger charge is -2.12. The Morgan fingerprint density at radius 2 is 2.10 bits per heavy atom. The van der Waals surface area contributed by atoms with Crippen LogP contribution in [0, 0.1) is 13.8 Å². The van der Waals surface area contributed by atoms with Gasteiger partial charge in [-0.1, -0.05) is 19.1 Å². The molecule has 1 heterocycles. The molecule has 0 saturated heterocycles. The fourth-order valence-electron chi connectivity index (χ4n) is 2.02. The topological polar surface area (TPSA) is 95.1 Å². The third-order valence-corrected chi connectivity index (χ3v) is 4.65. The summed E-state index contributed by atoms with van der Waals surface area (Å²) in [6, 6.07) is 6.32. The van der Waals surface area contributed by atoms with E-state index in [9.17, 15) is 13.5 Å². The summed E-state index contributed by atoms with van der Waals surface area (Å²) in [7, 11) is -3.71. The highest BCUT2D eigenvalue weighted by Gasteiger charge is 2.19. The van der Waals surface area contributed by atoms with E-state index in [2.05, 4.69) is 14.9 Å². The van der Waals surface area contributed by atoms with Gasteiger partial charge in [-0.2, -0.15) is 5.10 Å². The van der Waals surface area contributed by atoms with Gasteiger partial charge >= 0.3 is 0 Å². The van der Waals surface area contributed by atoms with Gasteiger partial charge < -0.3 is 5.11 Å². The molecule has 1 unspecified atom stereocenters. The minimum Gasteiger partial charge on any atom is -0.388 e. The molecule has 0 amide bonds. The zero-order valence-corrected chi connectivity index (χ0v) is 13.0. The van der Waals surface area contributed by atoms with E-state index >= 15 is 0 Å². The van der Waals surface area contributed by atoms with E-state index in [1.165, 1.54) is 12.1 Å². The number of hydrogen-bond acceptors (Lipinski definition) is 4. The van der Waals surface area contributed by atoms with Crippen LogP contribution in [0.15, 0.2) is 29.2 Å². The van der Waals surface area contributed by atoms with E-state index in [4.69, 9.17) is 0 Å². The number of aryl methyl sites for hydroxylation is 2. The van der Waals surface area contributed by atoms with E-state index in [0.717, 1.165) is 0 Å². The maximum Gasteiger partial charge on any atom is 0.262 e. The second-order valence-corrected chi connectivity index (χ2v) is 6.59. The van der Waals surface area contributed by atoms with Crippen LogP contribution in [0.5, 0.6) is 0 Å². The third kappa shape index (κ3) is 3.25. The van der Waals surface area contributed by atoms with Crippen molar-refractivity contribution in [3.8, 4) is 0 Å². The first kappa shape index (κ1) is 15.5. The van der Waals surface area contributed by atoms with Gasteiger partial charge in [-0.3, -0.25) is 9.82 Å². The van der Waals surface area contributed by atoms with Crippen molar-refractivity contribution in [2.45, 2.75) is 38.2 Å². The fraction of sp³-hybridized carbons (Fsp3) is 0.357. The number of aliphatic hydroxyl groups is 1. The van der Waals surface area contributed by atoms with Crippen LogP contribution in [0.1, 0.15) is 36.4 Å². The Hall–Kier alpha value is -1.86. The van der Waals surface area contributed by atoms with Crippen molar-refractivity contribution >= 4 is 15.7 Å². The molecule has 0 aliphatic rings. The quantitative estimate of drug-likeness (QED) is 0.789. The normalized spacial score (nSPS) is 13.1. The number of hydrogen-bond donors (Lipinski definition) is 3. The molecule has 1 aromatic carbocycles. The molecule has 21 heavy (non-hydrogen) atoms. The zero-order valence-electron chi connectivity index (χ0n) is 12.2. The highest BCUT2D eigenvalue weighted by molar-refractivity contribution is 7.92. The molecule has 2 aromatic rings. The molecule has 0 fully saturated rings. The standard InChI is InChI=1S/C14H19N3O3S/c1-4-13(18)11-6-5-7-12(8-11)21(19,20)17-14-9(2)15-16-10(14)3/h5-8,13,17-18H,4H2,1-3H3,(H,15,16). The lowest BCUT2D eigenvalue weighted by molar-refractivity contribution is 0.173. The highest BCUT2D eigenvalue weighted by atomic mass is 32.2. The second-order valence-electron chi connectivity index (χ2n) is 4.91. The second kappa shape index (κ2) is 5.87. The molecule has 0 radical (unpaired) electrons. The molecule has 0 bridgehead atoms. The van der Waals surface area contributed by atoms with Crippen molar-refractivity contribution in [2.24, 2.45) is 0 Å². The molecule has 2 rings (SSSR count). The number of nitrogens with zero attached hydrogens (tertiary/aromatic N) is 1. The molecule has 0 aliphatic carbocycles. The van der Waals surface area contributed by atoms with Crippen LogP contribution in [-0.2, 0) is 10.0 Å². The van der Waals surface area contributed by atoms with Gasteiger partial charge in [0.25, 0.3) is 10.0 Å². The number of anilines is 1. The average Bonchev–Trinajstić information content (AvgIpc) is 2.78. The maximum atomic E-state index is 12.4. The van der Waals surface area contributed by atoms with E-state index in [-0.39, 0.29) is 4.90 Å². The van der Waals surface area contributed by atoms with Crippen molar-refractivity contribution in [1.29, 1.82) is 0 Å². The van der Waals surface area contributed by atoms with Crippen molar-refractivity contribution in [3.63, 3.8) is 0 Å². The van der Waals surface area contributed by atoms with Crippen molar-refractivity contribution < 1.29 is 13.5 Å². The SMILES string of the molecule is CCC(O)c1cccc(S(=O)(=O)Nc2c(C)n[nH]c2C)c1. The molecule has 0 spiro atoms. The fourth-order valence-corrected chi connectivity index (χ4v) is 3.26. The van der Waals surface area contributed by atoms with E-state index in [1.807, 2.05) is 6.92 Å². The predicted molar refractivity (Wildman–Crippen MR) is 80.6 cm³/mol. The Kier molecular flexibility index (Phi) is 4.34. The zero-order chi connectivity index (χ0) is 15.6. The van der Waals surface area contributed by atoms with Gasteiger partial charge in [-0.25, -0.2) is 8.42 Å². The largest absolute Gasteiger partial charge is 0.388 e. The van der Waals surface area contributed by atoms with Gasteiger partial charge in [0, 0.05) is 0 Å². The highest BCUT2D eigenvalue weighted by Crippen LogP contribution is 2.24. The number of rotatable bonds is 5. The maximum absolute atomic E-state index is 12.4. The summed E-state index contributed by atoms with van der Waals surface area (Å²) in [6.45, 7) is 5.30. The number of nitrogens with one attached hydrogen (secondary N) is 2. The third-order valence-electron chi connectivity index (χ3n) is 3.30. The number of aromatic nitrogens is 2. The lowest BCUT2D eigenvalue weighted by Crippen LogP contribution is -2.14. The molecule has 0 saturated carbocycles. The monoisotopic (exact) mass is 309 g/mol. The number of aromatic amines is 1. The first-order valence-electron chi connectivity index (χ1n) is 6.67. The summed E-state index contributed by atoms with van der Waals surface area (Å²) < 4.78 is 27.4. The average molecular weight is 309 g/mol. The van der Waals surface area contributed by atoms with Crippen LogP contribution < -0.4 is 4.72 Å². The van der Waals surface area contributed by atoms with Gasteiger partial charge in [-0.05, 0) is 38.0 Å². The summed E-state index contributed by atoms with van der Waals surface area (Å²) in [5.74, 6) is 0. The summed E-state index contributed by atoms with van der Waals surface area (Å²) in [4.78, 5) is 0.118. The Morgan fingerprint density at radius 1 is 1.38 bits per heavy atom. The van der Waals surface area contributed by atoms with E-state index < -0.39 is 16.1 Å². The molecule has 114 valence electrons. The number of benzene rings is 1.